The van der Waals surface area contributed by atoms with Crippen molar-refractivity contribution < 1.29 is 26.4 Å². The second-order valence-corrected chi connectivity index (χ2v) is 4.16. The summed E-state index contributed by atoms with van der Waals surface area (Å²) < 4.78 is 68.9. The number of hydrogen-bond donors (Lipinski definition) is 0. The second kappa shape index (κ2) is 3.70. The summed E-state index contributed by atoms with van der Waals surface area (Å²) in [6, 6.07) is 3.73. The van der Waals surface area contributed by atoms with E-state index in [2.05, 4.69) is 0 Å². The third kappa shape index (κ3) is 1.85. The molecule has 0 aliphatic rings. The third-order valence-electron chi connectivity index (χ3n) is 2.58. The second-order valence-electron chi connectivity index (χ2n) is 4.16. The van der Waals surface area contributed by atoms with Crippen LogP contribution < -0.4 is 0 Å². The lowest BCUT2D eigenvalue weighted by molar-refractivity contribution is -0.289. The van der Waals surface area contributed by atoms with Gasteiger partial charge < -0.3 is 4.42 Å². The van der Waals surface area contributed by atoms with Gasteiger partial charge >= 0.3 is 12.1 Å². The minimum Gasteiger partial charge on any atom is -0.461 e. The molecule has 0 bridgehead atoms. The molecule has 0 atom stereocenters. The number of alkyl halides is 5. The first-order valence-electron chi connectivity index (χ1n) is 5.09. The Hall–Kier alpha value is -1.59. The Kier molecular flexibility index (Phi) is 2.64. The van der Waals surface area contributed by atoms with Crippen molar-refractivity contribution in [2.24, 2.45) is 0 Å². The van der Waals surface area contributed by atoms with Crippen molar-refractivity contribution in [2.45, 2.75) is 25.9 Å². The van der Waals surface area contributed by atoms with E-state index in [4.69, 9.17) is 4.42 Å². The molecule has 1 heterocycles. The minimum absolute atomic E-state index is 0.242. The van der Waals surface area contributed by atoms with Gasteiger partial charge in [0.1, 0.15) is 11.3 Å². The van der Waals surface area contributed by atoms with Gasteiger partial charge in [0.15, 0.2) is 0 Å². The normalized spacial score (nSPS) is 13.3. The van der Waals surface area contributed by atoms with Crippen LogP contribution in [0.5, 0.6) is 0 Å². The Morgan fingerprint density at radius 2 is 1.56 bits per heavy atom. The van der Waals surface area contributed by atoms with Crippen molar-refractivity contribution >= 4 is 11.0 Å². The van der Waals surface area contributed by atoms with E-state index >= 15 is 0 Å². The zero-order valence-corrected chi connectivity index (χ0v) is 9.53. The molecule has 0 fully saturated rings. The highest BCUT2D eigenvalue weighted by Gasteiger charge is 2.60. The van der Waals surface area contributed by atoms with E-state index < -0.39 is 23.2 Å². The molecule has 1 nitrogen and oxygen atoms in total. The first-order chi connectivity index (χ1) is 8.13. The van der Waals surface area contributed by atoms with Gasteiger partial charge in [0, 0.05) is 5.39 Å². The number of halogens is 5. The summed E-state index contributed by atoms with van der Waals surface area (Å²) in [6.45, 7) is 2.95. The van der Waals surface area contributed by atoms with Gasteiger partial charge in [-0.15, -0.1) is 0 Å². The maximum Gasteiger partial charge on any atom is 0.458 e. The van der Waals surface area contributed by atoms with E-state index in [1.807, 2.05) is 0 Å². The maximum atomic E-state index is 13.4. The zero-order valence-electron chi connectivity index (χ0n) is 9.53. The van der Waals surface area contributed by atoms with Crippen LogP contribution in [0.3, 0.4) is 0 Å². The molecule has 0 unspecified atom stereocenters. The molecular weight excluding hydrogens is 255 g/mol. The van der Waals surface area contributed by atoms with Crippen LogP contribution in [0.2, 0.25) is 0 Å². The third-order valence-corrected chi connectivity index (χ3v) is 2.58. The summed E-state index contributed by atoms with van der Waals surface area (Å²) in [5, 5.41) is 0.242. The Balaban J connectivity index is 2.78. The molecule has 0 saturated heterocycles. The highest BCUT2D eigenvalue weighted by atomic mass is 19.4. The van der Waals surface area contributed by atoms with Crippen LogP contribution >= 0.6 is 0 Å². The van der Waals surface area contributed by atoms with E-state index in [-0.39, 0.29) is 11.1 Å². The van der Waals surface area contributed by atoms with Gasteiger partial charge in [-0.3, -0.25) is 0 Å². The first kappa shape index (κ1) is 12.9. The van der Waals surface area contributed by atoms with Crippen molar-refractivity contribution in [2.75, 3.05) is 0 Å². The zero-order chi connectivity index (χ0) is 13.7. The first-order valence-corrected chi connectivity index (χ1v) is 5.09. The molecule has 0 N–H and O–H groups in total. The highest BCUT2D eigenvalue weighted by Crippen LogP contribution is 2.46. The lowest BCUT2D eigenvalue weighted by atomic mass is 10.0. The Morgan fingerprint density at radius 3 is 2.11 bits per heavy atom. The number of benzene rings is 1. The number of hydrogen-bond acceptors (Lipinski definition) is 1. The standard InChI is InChI=1S/C12H9F5O/c1-6-3-8-5-7(2)18-10(8)9(4-6)11(13,14)12(15,16)17/h3-5H,1-2H3. The average Bonchev–Trinajstić information content (AvgIpc) is 2.54. The van der Waals surface area contributed by atoms with Crippen LogP contribution in [0, 0.1) is 13.8 Å². The summed E-state index contributed by atoms with van der Waals surface area (Å²) in [5.41, 5.74) is -1.24. The van der Waals surface area contributed by atoms with Crippen LogP contribution in [0.4, 0.5) is 22.0 Å². The summed E-state index contributed by atoms with van der Waals surface area (Å²) in [4.78, 5) is 0. The molecule has 1 aromatic carbocycles. The molecule has 1 aromatic heterocycles. The molecule has 0 saturated carbocycles. The van der Waals surface area contributed by atoms with Gasteiger partial charge in [0.05, 0.1) is 5.56 Å². The SMILES string of the molecule is Cc1cc(C(F)(F)C(F)(F)F)c2oc(C)cc2c1. The van der Waals surface area contributed by atoms with Crippen LogP contribution in [-0.4, -0.2) is 6.18 Å². The summed E-state index contributed by atoms with van der Waals surface area (Å²) in [5.74, 6) is -4.64. The van der Waals surface area contributed by atoms with E-state index in [0.717, 1.165) is 6.07 Å². The molecule has 0 aliphatic carbocycles. The topological polar surface area (TPSA) is 13.1 Å². The molecule has 98 valence electrons. The van der Waals surface area contributed by atoms with Crippen LogP contribution in [0.15, 0.2) is 22.6 Å². The predicted octanol–water partition coefficient (Wildman–Crippen LogP) is 4.70. The van der Waals surface area contributed by atoms with Gasteiger partial charge in [-0.05, 0) is 37.6 Å². The van der Waals surface area contributed by atoms with Crippen molar-refractivity contribution in [3.8, 4) is 0 Å². The van der Waals surface area contributed by atoms with Crippen molar-refractivity contribution in [3.63, 3.8) is 0 Å². The molecule has 2 aromatic rings. The summed E-state index contributed by atoms with van der Waals surface area (Å²) in [6.07, 6.45) is -5.64. The van der Waals surface area contributed by atoms with Crippen LogP contribution in [-0.2, 0) is 5.92 Å². The van der Waals surface area contributed by atoms with E-state index in [1.165, 1.54) is 26.0 Å². The molecule has 0 amide bonds. The monoisotopic (exact) mass is 264 g/mol. The highest BCUT2D eigenvalue weighted by molar-refractivity contribution is 5.82. The molecule has 18 heavy (non-hydrogen) atoms. The summed E-state index contributed by atoms with van der Waals surface area (Å²) >= 11 is 0. The fraction of sp³-hybridized carbons (Fsp3) is 0.333. The Morgan fingerprint density at radius 1 is 0.944 bits per heavy atom. The summed E-state index contributed by atoms with van der Waals surface area (Å²) in [7, 11) is 0. The molecule has 2 rings (SSSR count). The molecule has 0 spiro atoms. The molecule has 0 aliphatic heterocycles. The maximum absolute atomic E-state index is 13.4. The fourth-order valence-electron chi connectivity index (χ4n) is 1.82. The molecule has 6 heteroatoms. The number of fused-ring (bicyclic) bond motifs is 1. The van der Waals surface area contributed by atoms with Gasteiger partial charge in [-0.2, -0.15) is 22.0 Å². The Bertz CT molecular complexity index is 594. The van der Waals surface area contributed by atoms with Crippen molar-refractivity contribution in [1.29, 1.82) is 0 Å². The lowest BCUT2D eigenvalue weighted by Gasteiger charge is -2.20. The van der Waals surface area contributed by atoms with E-state index in [0.29, 0.717) is 5.56 Å². The number of aryl methyl sites for hydroxylation is 2. The van der Waals surface area contributed by atoms with Crippen LogP contribution in [0.1, 0.15) is 16.9 Å². The quantitative estimate of drug-likeness (QED) is 0.680. The van der Waals surface area contributed by atoms with Gasteiger partial charge in [-0.1, -0.05) is 0 Å². The van der Waals surface area contributed by atoms with Gasteiger partial charge in [0.25, 0.3) is 0 Å². The van der Waals surface area contributed by atoms with E-state index in [1.54, 1.807) is 0 Å². The van der Waals surface area contributed by atoms with E-state index in [9.17, 15) is 22.0 Å². The van der Waals surface area contributed by atoms with Gasteiger partial charge in [0.2, 0.25) is 0 Å². The predicted molar refractivity (Wildman–Crippen MR) is 55.6 cm³/mol. The van der Waals surface area contributed by atoms with Crippen molar-refractivity contribution in [1.82, 2.24) is 0 Å². The smallest absolute Gasteiger partial charge is 0.458 e. The largest absolute Gasteiger partial charge is 0.461 e. The average molecular weight is 264 g/mol. The van der Waals surface area contributed by atoms with Gasteiger partial charge in [-0.25, -0.2) is 0 Å². The molecular formula is C12H9F5O. The lowest BCUT2D eigenvalue weighted by Crippen LogP contribution is -2.33. The number of rotatable bonds is 1. The van der Waals surface area contributed by atoms with Crippen LogP contribution in [0.25, 0.3) is 11.0 Å². The minimum atomic E-state index is -5.64. The van der Waals surface area contributed by atoms with Crippen molar-refractivity contribution in [3.05, 3.63) is 35.1 Å². The fourth-order valence-corrected chi connectivity index (χ4v) is 1.82. The Labute approximate surface area is 99.2 Å². The number of furan rings is 1. The molecule has 0 radical (unpaired) electrons.